The predicted octanol–water partition coefficient (Wildman–Crippen LogP) is 2.96. The van der Waals surface area contributed by atoms with Crippen LogP contribution in [0.15, 0.2) is 42.5 Å². The third-order valence-electron chi connectivity index (χ3n) is 3.79. The molecule has 0 radical (unpaired) electrons. The molecule has 0 saturated heterocycles. The number of hydrogen-bond acceptors (Lipinski definition) is 4. The molecule has 126 valence electrons. The second-order valence-corrected chi connectivity index (χ2v) is 5.62. The number of rotatable bonds is 5. The first kappa shape index (κ1) is 16.2. The number of hydrogen-bond donors (Lipinski definition) is 1. The Hall–Kier alpha value is -2.69. The van der Waals surface area contributed by atoms with Gasteiger partial charge in [-0.1, -0.05) is 12.1 Å². The highest BCUT2D eigenvalue weighted by atomic mass is 16.6. The van der Waals surface area contributed by atoms with Crippen molar-refractivity contribution in [2.75, 3.05) is 19.8 Å². The first-order chi connectivity index (χ1) is 11.7. The quantitative estimate of drug-likeness (QED) is 0.917. The van der Waals surface area contributed by atoms with Crippen molar-refractivity contribution in [3.8, 4) is 17.2 Å². The van der Waals surface area contributed by atoms with E-state index in [0.717, 1.165) is 17.1 Å². The Balaban J connectivity index is 1.57. The van der Waals surface area contributed by atoms with Crippen molar-refractivity contribution in [3.63, 3.8) is 0 Å². The lowest BCUT2D eigenvalue weighted by molar-refractivity contribution is 0.0789. The summed E-state index contributed by atoms with van der Waals surface area (Å²) < 4.78 is 17.0. The highest BCUT2D eigenvalue weighted by Gasteiger charge is 2.21. The largest absolute Gasteiger partial charge is 0.494 e. The standard InChI is InChI=1S/C19H21NO4/c1-3-22-16-9-8-14(10-13(16)2)19(21)20-11-15-12-23-17-6-4-5-7-18(17)24-15/h4-10,15H,3,11-12H2,1-2H3,(H,20,21)/t15-/m0/s1. The zero-order chi connectivity index (χ0) is 16.9. The van der Waals surface area contributed by atoms with Crippen molar-refractivity contribution < 1.29 is 19.0 Å². The summed E-state index contributed by atoms with van der Waals surface area (Å²) in [6.07, 6.45) is -0.201. The Morgan fingerprint density at radius 3 is 2.79 bits per heavy atom. The van der Waals surface area contributed by atoms with Crippen LogP contribution in [0.3, 0.4) is 0 Å². The number of amides is 1. The van der Waals surface area contributed by atoms with Gasteiger partial charge >= 0.3 is 0 Å². The SMILES string of the molecule is CCOc1ccc(C(=O)NC[C@H]2COc3ccccc3O2)cc1C. The van der Waals surface area contributed by atoms with E-state index in [0.29, 0.717) is 31.1 Å². The molecule has 2 aromatic rings. The Morgan fingerprint density at radius 2 is 2.04 bits per heavy atom. The van der Waals surface area contributed by atoms with E-state index >= 15 is 0 Å². The van der Waals surface area contributed by atoms with Crippen LogP contribution >= 0.6 is 0 Å². The van der Waals surface area contributed by atoms with Crippen molar-refractivity contribution in [2.45, 2.75) is 20.0 Å². The van der Waals surface area contributed by atoms with E-state index in [-0.39, 0.29) is 12.0 Å². The van der Waals surface area contributed by atoms with Crippen LogP contribution < -0.4 is 19.5 Å². The van der Waals surface area contributed by atoms with Crippen molar-refractivity contribution in [1.29, 1.82) is 0 Å². The van der Waals surface area contributed by atoms with Gasteiger partial charge in [0.25, 0.3) is 5.91 Å². The molecule has 0 bridgehead atoms. The molecule has 1 aliphatic heterocycles. The molecule has 1 aliphatic rings. The van der Waals surface area contributed by atoms with Gasteiger partial charge in [-0.15, -0.1) is 0 Å². The van der Waals surface area contributed by atoms with E-state index < -0.39 is 0 Å². The van der Waals surface area contributed by atoms with Crippen LogP contribution in [0.5, 0.6) is 17.2 Å². The zero-order valence-corrected chi connectivity index (χ0v) is 13.9. The van der Waals surface area contributed by atoms with E-state index in [2.05, 4.69) is 5.32 Å². The fourth-order valence-corrected chi connectivity index (χ4v) is 2.58. The molecule has 0 aliphatic carbocycles. The van der Waals surface area contributed by atoms with Crippen molar-refractivity contribution >= 4 is 5.91 Å². The van der Waals surface area contributed by atoms with Gasteiger partial charge in [-0.05, 0) is 49.7 Å². The van der Waals surface area contributed by atoms with Crippen LogP contribution in [0.1, 0.15) is 22.8 Å². The predicted molar refractivity (Wildman–Crippen MR) is 91.0 cm³/mol. The number of carbonyl (C=O) groups is 1. The molecule has 1 N–H and O–H groups in total. The van der Waals surface area contributed by atoms with Gasteiger partial charge in [-0.2, -0.15) is 0 Å². The average molecular weight is 327 g/mol. The second kappa shape index (κ2) is 7.25. The number of aryl methyl sites for hydroxylation is 1. The first-order valence-electron chi connectivity index (χ1n) is 8.07. The lowest BCUT2D eigenvalue weighted by atomic mass is 10.1. The number of para-hydroxylation sites is 2. The van der Waals surface area contributed by atoms with Gasteiger partial charge in [-0.3, -0.25) is 4.79 Å². The van der Waals surface area contributed by atoms with E-state index in [1.807, 2.05) is 50.2 Å². The first-order valence-corrected chi connectivity index (χ1v) is 8.07. The van der Waals surface area contributed by atoms with Crippen LogP contribution in [-0.2, 0) is 0 Å². The number of fused-ring (bicyclic) bond motifs is 1. The average Bonchev–Trinajstić information content (AvgIpc) is 2.61. The van der Waals surface area contributed by atoms with Gasteiger partial charge in [0.15, 0.2) is 11.5 Å². The molecule has 0 aromatic heterocycles. The summed E-state index contributed by atoms with van der Waals surface area (Å²) in [4.78, 5) is 12.3. The summed E-state index contributed by atoms with van der Waals surface area (Å²) in [6.45, 7) is 5.27. The molecule has 0 unspecified atom stereocenters. The minimum Gasteiger partial charge on any atom is -0.494 e. The molecule has 2 aromatic carbocycles. The van der Waals surface area contributed by atoms with Crippen LogP contribution in [0, 0.1) is 6.92 Å². The molecule has 5 nitrogen and oxygen atoms in total. The number of ether oxygens (including phenoxy) is 3. The van der Waals surface area contributed by atoms with Crippen molar-refractivity contribution in [1.82, 2.24) is 5.32 Å². The topological polar surface area (TPSA) is 56.8 Å². The zero-order valence-electron chi connectivity index (χ0n) is 13.9. The number of benzene rings is 2. The molecular formula is C19H21NO4. The fraction of sp³-hybridized carbons (Fsp3) is 0.316. The summed E-state index contributed by atoms with van der Waals surface area (Å²) in [6, 6.07) is 12.9. The minimum atomic E-state index is -0.201. The monoisotopic (exact) mass is 327 g/mol. The van der Waals surface area contributed by atoms with E-state index in [1.54, 1.807) is 6.07 Å². The van der Waals surface area contributed by atoms with E-state index in [1.165, 1.54) is 0 Å². The second-order valence-electron chi connectivity index (χ2n) is 5.62. The third-order valence-corrected chi connectivity index (χ3v) is 3.79. The Labute approximate surface area is 141 Å². The van der Waals surface area contributed by atoms with Gasteiger partial charge in [0.05, 0.1) is 13.2 Å². The van der Waals surface area contributed by atoms with Crippen LogP contribution in [-0.4, -0.2) is 31.8 Å². The lowest BCUT2D eigenvalue weighted by Crippen LogP contribution is -2.40. The van der Waals surface area contributed by atoms with Gasteiger partial charge < -0.3 is 19.5 Å². The number of carbonyl (C=O) groups excluding carboxylic acids is 1. The third kappa shape index (κ3) is 3.62. The highest BCUT2D eigenvalue weighted by Crippen LogP contribution is 2.30. The van der Waals surface area contributed by atoms with Gasteiger partial charge in [0, 0.05) is 5.56 Å². The summed E-state index contributed by atoms with van der Waals surface area (Å²) >= 11 is 0. The normalized spacial score (nSPS) is 15.7. The smallest absolute Gasteiger partial charge is 0.251 e. The van der Waals surface area contributed by atoms with Crippen LogP contribution in [0.4, 0.5) is 0 Å². The number of nitrogens with one attached hydrogen (secondary N) is 1. The molecule has 1 heterocycles. The van der Waals surface area contributed by atoms with Gasteiger partial charge in [0.2, 0.25) is 0 Å². The molecule has 0 fully saturated rings. The van der Waals surface area contributed by atoms with Gasteiger partial charge in [-0.25, -0.2) is 0 Å². The molecule has 1 amide bonds. The van der Waals surface area contributed by atoms with Crippen molar-refractivity contribution in [2.24, 2.45) is 0 Å². The maximum atomic E-state index is 12.3. The molecular weight excluding hydrogens is 306 g/mol. The van der Waals surface area contributed by atoms with E-state index in [4.69, 9.17) is 14.2 Å². The molecule has 0 saturated carbocycles. The molecule has 1 atom stereocenters. The van der Waals surface area contributed by atoms with Crippen molar-refractivity contribution in [3.05, 3.63) is 53.6 Å². The Morgan fingerprint density at radius 1 is 1.25 bits per heavy atom. The molecule has 5 heteroatoms. The van der Waals surface area contributed by atoms with E-state index in [9.17, 15) is 4.79 Å². The lowest BCUT2D eigenvalue weighted by Gasteiger charge is -2.26. The maximum Gasteiger partial charge on any atom is 0.251 e. The highest BCUT2D eigenvalue weighted by molar-refractivity contribution is 5.94. The summed E-state index contributed by atoms with van der Waals surface area (Å²) in [5, 5.41) is 2.89. The van der Waals surface area contributed by atoms with Crippen LogP contribution in [0.2, 0.25) is 0 Å². The molecule has 0 spiro atoms. The minimum absolute atomic E-state index is 0.136. The Kier molecular flexibility index (Phi) is 4.89. The maximum absolute atomic E-state index is 12.3. The van der Waals surface area contributed by atoms with Gasteiger partial charge in [0.1, 0.15) is 18.5 Å². The molecule has 3 rings (SSSR count). The summed E-state index contributed by atoms with van der Waals surface area (Å²) in [7, 11) is 0. The Bertz CT molecular complexity index is 729. The summed E-state index contributed by atoms with van der Waals surface area (Å²) in [5.41, 5.74) is 1.55. The fourth-order valence-electron chi connectivity index (χ4n) is 2.58. The molecule has 24 heavy (non-hydrogen) atoms. The van der Waals surface area contributed by atoms with Crippen LogP contribution in [0.25, 0.3) is 0 Å². The summed E-state index contributed by atoms with van der Waals surface area (Å²) in [5.74, 6) is 2.11.